The van der Waals surface area contributed by atoms with Crippen LogP contribution < -0.4 is 5.32 Å². The van der Waals surface area contributed by atoms with E-state index in [1.54, 1.807) is 24.7 Å². The van der Waals surface area contributed by atoms with Crippen molar-refractivity contribution in [2.24, 2.45) is 7.05 Å². The Hall–Kier alpha value is -2.01. The second-order valence-corrected chi connectivity index (χ2v) is 4.70. The van der Waals surface area contributed by atoms with Crippen molar-refractivity contribution < 1.29 is 9.90 Å². The van der Waals surface area contributed by atoms with Gasteiger partial charge in [-0.1, -0.05) is 11.6 Å². The van der Waals surface area contributed by atoms with E-state index in [0.29, 0.717) is 16.9 Å². The number of phenols is 1. The van der Waals surface area contributed by atoms with Gasteiger partial charge in [0.1, 0.15) is 5.75 Å². The molecule has 1 heterocycles. The first kappa shape index (κ1) is 13.4. The summed E-state index contributed by atoms with van der Waals surface area (Å²) in [4.78, 5) is 12.2. The van der Waals surface area contributed by atoms with Crippen molar-refractivity contribution in [3.8, 4) is 5.75 Å². The van der Waals surface area contributed by atoms with Crippen LogP contribution in [0.25, 0.3) is 0 Å². The number of hydrogen-bond donors (Lipinski definition) is 2. The van der Waals surface area contributed by atoms with Crippen LogP contribution in [0.3, 0.4) is 0 Å². The molecular weight excluding hydrogens is 266 g/mol. The average Bonchev–Trinajstić information content (AvgIpc) is 2.58. The van der Waals surface area contributed by atoms with Gasteiger partial charge < -0.3 is 10.4 Å². The van der Waals surface area contributed by atoms with Gasteiger partial charge in [0.05, 0.1) is 16.3 Å². The van der Waals surface area contributed by atoms with E-state index >= 15 is 0 Å². The number of halogens is 1. The van der Waals surface area contributed by atoms with E-state index in [0.717, 1.165) is 5.69 Å². The zero-order chi connectivity index (χ0) is 14.2. The molecule has 6 heteroatoms. The van der Waals surface area contributed by atoms with Gasteiger partial charge in [0.2, 0.25) is 0 Å². The Labute approximate surface area is 115 Å². The molecule has 0 bridgehead atoms. The normalized spacial score (nSPS) is 10.5. The first-order valence-electron chi connectivity index (χ1n) is 5.70. The summed E-state index contributed by atoms with van der Waals surface area (Å²) >= 11 is 5.79. The lowest BCUT2D eigenvalue weighted by atomic mass is 10.2. The molecule has 0 fully saturated rings. The predicted molar refractivity (Wildman–Crippen MR) is 73.8 cm³/mol. The summed E-state index contributed by atoms with van der Waals surface area (Å²) in [7, 11) is 1.79. The predicted octanol–water partition coefficient (Wildman–Crippen LogP) is 2.65. The molecule has 2 aromatic rings. The van der Waals surface area contributed by atoms with Crippen LogP contribution in [-0.2, 0) is 7.05 Å². The topological polar surface area (TPSA) is 67.2 Å². The molecule has 0 spiro atoms. The molecule has 0 aliphatic carbocycles. The first-order chi connectivity index (χ1) is 8.90. The van der Waals surface area contributed by atoms with Crippen LogP contribution in [0, 0.1) is 13.8 Å². The summed E-state index contributed by atoms with van der Waals surface area (Å²) in [6, 6.07) is 4.51. The minimum absolute atomic E-state index is 0.0200. The lowest BCUT2D eigenvalue weighted by Gasteiger charge is -2.06. The fourth-order valence-corrected chi connectivity index (χ4v) is 2.06. The van der Waals surface area contributed by atoms with Crippen LogP contribution in [0.2, 0.25) is 5.02 Å². The maximum atomic E-state index is 12.2. The number of amides is 1. The number of aromatic nitrogens is 2. The maximum absolute atomic E-state index is 12.2. The summed E-state index contributed by atoms with van der Waals surface area (Å²) in [6.07, 6.45) is 0. The molecule has 19 heavy (non-hydrogen) atoms. The fraction of sp³-hybridized carbons (Fsp3) is 0.231. The van der Waals surface area contributed by atoms with Crippen LogP contribution in [0.5, 0.6) is 5.75 Å². The van der Waals surface area contributed by atoms with Crippen molar-refractivity contribution in [2.45, 2.75) is 13.8 Å². The summed E-state index contributed by atoms with van der Waals surface area (Å²) in [6.45, 7) is 3.62. The third-order valence-electron chi connectivity index (χ3n) is 2.94. The van der Waals surface area contributed by atoms with Gasteiger partial charge >= 0.3 is 0 Å². The molecule has 5 nitrogen and oxygen atoms in total. The number of nitrogens with zero attached hydrogens (tertiary/aromatic N) is 2. The van der Waals surface area contributed by atoms with Crippen LogP contribution in [0.15, 0.2) is 18.2 Å². The van der Waals surface area contributed by atoms with Crippen LogP contribution >= 0.6 is 11.6 Å². The minimum Gasteiger partial charge on any atom is -0.506 e. The molecule has 1 aromatic carbocycles. The molecule has 2 N–H and O–H groups in total. The standard InChI is InChI=1S/C13H14ClN3O2/c1-7-12(8(2)17(3)16-7)13(19)15-9-4-5-11(18)10(14)6-9/h4-6,18H,1-3H3,(H,15,19). The molecule has 0 radical (unpaired) electrons. The van der Waals surface area contributed by atoms with Gasteiger partial charge in [-0.15, -0.1) is 0 Å². The van der Waals surface area contributed by atoms with E-state index in [1.165, 1.54) is 12.1 Å². The Morgan fingerprint density at radius 1 is 1.42 bits per heavy atom. The SMILES string of the molecule is Cc1nn(C)c(C)c1C(=O)Nc1ccc(O)c(Cl)c1. The number of anilines is 1. The van der Waals surface area contributed by atoms with Gasteiger partial charge in [0.25, 0.3) is 5.91 Å². The van der Waals surface area contributed by atoms with Crippen molar-refractivity contribution in [3.05, 3.63) is 40.2 Å². The Kier molecular flexibility index (Phi) is 3.48. The quantitative estimate of drug-likeness (QED) is 0.831. The van der Waals surface area contributed by atoms with Gasteiger partial charge in [-0.3, -0.25) is 9.48 Å². The molecule has 1 amide bonds. The zero-order valence-electron chi connectivity index (χ0n) is 10.9. The maximum Gasteiger partial charge on any atom is 0.259 e. The number of phenolic OH excluding ortho intramolecular Hbond substituents is 1. The minimum atomic E-state index is -0.246. The van der Waals surface area contributed by atoms with E-state index in [4.69, 9.17) is 11.6 Å². The molecule has 0 saturated heterocycles. The number of carbonyl (C=O) groups is 1. The van der Waals surface area contributed by atoms with E-state index < -0.39 is 0 Å². The van der Waals surface area contributed by atoms with Crippen molar-refractivity contribution in [1.29, 1.82) is 0 Å². The summed E-state index contributed by atoms with van der Waals surface area (Å²) in [5, 5.41) is 16.4. The molecule has 0 saturated carbocycles. The Bertz CT molecular complexity index is 650. The van der Waals surface area contributed by atoms with Gasteiger partial charge in [0.15, 0.2) is 0 Å². The molecule has 100 valence electrons. The summed E-state index contributed by atoms with van der Waals surface area (Å²) < 4.78 is 1.66. The number of hydrogen-bond acceptors (Lipinski definition) is 3. The van der Waals surface area contributed by atoms with Gasteiger partial charge in [0, 0.05) is 18.4 Å². The Morgan fingerprint density at radius 2 is 2.11 bits per heavy atom. The smallest absolute Gasteiger partial charge is 0.259 e. The lowest BCUT2D eigenvalue weighted by Crippen LogP contribution is -2.14. The molecule has 0 aliphatic rings. The fourth-order valence-electron chi connectivity index (χ4n) is 1.88. The van der Waals surface area contributed by atoms with Crippen LogP contribution in [0.4, 0.5) is 5.69 Å². The largest absolute Gasteiger partial charge is 0.506 e. The third kappa shape index (κ3) is 2.56. The third-order valence-corrected chi connectivity index (χ3v) is 3.24. The molecule has 2 rings (SSSR count). The summed E-state index contributed by atoms with van der Waals surface area (Å²) in [5.74, 6) is -0.265. The first-order valence-corrected chi connectivity index (χ1v) is 6.08. The van der Waals surface area contributed by atoms with E-state index in [-0.39, 0.29) is 16.7 Å². The highest BCUT2D eigenvalue weighted by Gasteiger charge is 2.17. The van der Waals surface area contributed by atoms with Crippen molar-refractivity contribution in [2.75, 3.05) is 5.32 Å². The van der Waals surface area contributed by atoms with Gasteiger partial charge in [-0.25, -0.2) is 0 Å². The molecule has 0 unspecified atom stereocenters. The van der Waals surface area contributed by atoms with Crippen molar-refractivity contribution >= 4 is 23.2 Å². The molecular formula is C13H14ClN3O2. The molecule has 0 atom stereocenters. The summed E-state index contributed by atoms with van der Waals surface area (Å²) in [5.41, 5.74) is 2.53. The second-order valence-electron chi connectivity index (χ2n) is 4.29. The Balaban J connectivity index is 2.28. The lowest BCUT2D eigenvalue weighted by molar-refractivity contribution is 0.102. The van der Waals surface area contributed by atoms with E-state index in [2.05, 4.69) is 10.4 Å². The van der Waals surface area contributed by atoms with Crippen molar-refractivity contribution in [3.63, 3.8) is 0 Å². The van der Waals surface area contributed by atoms with Crippen LogP contribution in [0.1, 0.15) is 21.7 Å². The van der Waals surface area contributed by atoms with Crippen molar-refractivity contribution in [1.82, 2.24) is 9.78 Å². The number of nitrogens with one attached hydrogen (secondary N) is 1. The number of aromatic hydroxyl groups is 1. The number of benzene rings is 1. The van der Waals surface area contributed by atoms with Gasteiger partial charge in [-0.05, 0) is 32.0 Å². The molecule has 0 aliphatic heterocycles. The van der Waals surface area contributed by atoms with Crippen LogP contribution in [-0.4, -0.2) is 20.8 Å². The highest BCUT2D eigenvalue weighted by atomic mass is 35.5. The monoisotopic (exact) mass is 279 g/mol. The highest BCUT2D eigenvalue weighted by Crippen LogP contribution is 2.26. The number of rotatable bonds is 2. The number of aryl methyl sites for hydroxylation is 2. The van der Waals surface area contributed by atoms with Gasteiger partial charge in [-0.2, -0.15) is 5.10 Å². The average molecular weight is 280 g/mol. The van der Waals surface area contributed by atoms with E-state index in [9.17, 15) is 9.90 Å². The number of carbonyl (C=O) groups excluding carboxylic acids is 1. The zero-order valence-corrected chi connectivity index (χ0v) is 11.6. The second kappa shape index (κ2) is 4.93. The Morgan fingerprint density at radius 3 is 2.63 bits per heavy atom. The highest BCUT2D eigenvalue weighted by molar-refractivity contribution is 6.32. The molecule has 1 aromatic heterocycles. The van der Waals surface area contributed by atoms with E-state index in [1.807, 2.05) is 6.92 Å².